The van der Waals surface area contributed by atoms with Crippen LogP contribution >= 0.6 is 0 Å². The molecule has 0 saturated carbocycles. The van der Waals surface area contributed by atoms with Crippen LogP contribution in [0.4, 0.5) is 11.4 Å². The maximum atomic E-state index is 13.4. The first-order chi connectivity index (χ1) is 17.7. The summed E-state index contributed by atoms with van der Waals surface area (Å²) in [5, 5.41) is 33.9. The summed E-state index contributed by atoms with van der Waals surface area (Å²) in [5.74, 6) is -2.09. The number of nitrogens with one attached hydrogen (secondary N) is 1. The van der Waals surface area contributed by atoms with Crippen molar-refractivity contribution >= 4 is 28.7 Å². The van der Waals surface area contributed by atoms with Crippen LogP contribution in [0.5, 0.6) is 5.75 Å². The molecule has 9 heteroatoms. The van der Waals surface area contributed by atoms with Crippen molar-refractivity contribution in [1.29, 1.82) is 0 Å². The molecule has 0 heterocycles. The van der Waals surface area contributed by atoms with Crippen molar-refractivity contribution in [3.8, 4) is 5.75 Å². The summed E-state index contributed by atoms with van der Waals surface area (Å²) in [7, 11) is 3.77. The van der Waals surface area contributed by atoms with Crippen LogP contribution in [0.1, 0.15) is 56.9 Å². The molecule has 3 unspecified atom stereocenters. The van der Waals surface area contributed by atoms with Crippen molar-refractivity contribution in [2.45, 2.75) is 45.6 Å². The number of phenolic OH excluding ortho intramolecular Hbond substituents is 1. The summed E-state index contributed by atoms with van der Waals surface area (Å²) in [4.78, 5) is 39.4. The Labute approximate surface area is 226 Å². The monoisotopic (exact) mass is 532 g/mol. The normalized spacial score (nSPS) is 16.1. The van der Waals surface area contributed by atoms with Gasteiger partial charge < -0.3 is 31.0 Å². The number of rotatable bonds is 13. The van der Waals surface area contributed by atoms with E-state index in [1.807, 2.05) is 55.4 Å². The Balaban J connectivity index is 0.00000507. The van der Waals surface area contributed by atoms with Crippen molar-refractivity contribution in [2.75, 3.05) is 37.5 Å². The highest BCUT2D eigenvalue weighted by atomic mass is 16.3. The number of carbonyl (C=O) groups excluding carboxylic acids is 3. The minimum atomic E-state index is -0.765. The van der Waals surface area contributed by atoms with Crippen LogP contribution in [0.2, 0.25) is 0 Å². The number of nitrogens with zero attached hydrogens (tertiary/aromatic N) is 1. The van der Waals surface area contributed by atoms with Gasteiger partial charge in [0.25, 0.3) is 0 Å². The van der Waals surface area contributed by atoms with E-state index in [1.54, 1.807) is 0 Å². The first-order valence-electron chi connectivity index (χ1n) is 12.8. The second kappa shape index (κ2) is 14.0. The fourth-order valence-electron chi connectivity index (χ4n) is 5.39. The number of Topliss-reactive ketones (excluding diaryl/α,β-unsaturated/α-hetero) is 3. The van der Waals surface area contributed by atoms with E-state index < -0.39 is 12.5 Å². The van der Waals surface area contributed by atoms with Gasteiger partial charge in [-0.15, -0.1) is 0 Å². The third-order valence-electron chi connectivity index (χ3n) is 7.18. The molecule has 1 aliphatic carbocycles. The van der Waals surface area contributed by atoms with E-state index in [4.69, 9.17) is 0 Å². The summed E-state index contributed by atoms with van der Waals surface area (Å²) < 4.78 is 0. The first kappa shape index (κ1) is 31.0. The topological polar surface area (TPSA) is 159 Å². The summed E-state index contributed by atoms with van der Waals surface area (Å²) in [6, 6.07) is 11.6. The van der Waals surface area contributed by atoms with Gasteiger partial charge in [0, 0.05) is 48.1 Å². The van der Waals surface area contributed by atoms with E-state index in [2.05, 4.69) is 5.32 Å². The van der Waals surface area contributed by atoms with Crippen molar-refractivity contribution in [3.05, 3.63) is 53.1 Å². The summed E-state index contributed by atoms with van der Waals surface area (Å²) >= 11 is 0. The fourth-order valence-corrected chi connectivity index (χ4v) is 5.39. The Morgan fingerprint density at radius 3 is 2.42 bits per heavy atom. The second-order valence-electron chi connectivity index (χ2n) is 10.2. The lowest BCUT2D eigenvalue weighted by molar-refractivity contribution is -0.131. The Kier molecular flexibility index (Phi) is 11.4. The highest BCUT2D eigenvalue weighted by Gasteiger charge is 2.36. The zero-order valence-electron chi connectivity index (χ0n) is 22.4. The molecule has 3 atom stereocenters. The molecule has 0 fully saturated rings. The van der Waals surface area contributed by atoms with Crippen molar-refractivity contribution in [3.63, 3.8) is 0 Å². The van der Waals surface area contributed by atoms with Crippen LogP contribution in [0.15, 0.2) is 36.4 Å². The number of aliphatic hydroxyl groups is 2. The molecule has 0 radical (unpaired) electrons. The number of hydrogen-bond donors (Lipinski definition) is 4. The lowest BCUT2D eigenvalue weighted by Gasteiger charge is -2.33. The molecule has 2 aromatic carbocycles. The molecule has 1 aliphatic rings. The molecule has 3 rings (SSSR count). The van der Waals surface area contributed by atoms with Crippen molar-refractivity contribution in [2.24, 2.45) is 17.8 Å². The van der Waals surface area contributed by atoms with E-state index in [0.717, 1.165) is 16.8 Å². The number of benzene rings is 2. The Bertz CT molecular complexity index is 1130. The number of aromatic hydroxyl groups is 1. The minimum absolute atomic E-state index is 0. The second-order valence-corrected chi connectivity index (χ2v) is 10.2. The molecule has 9 nitrogen and oxygen atoms in total. The molecule has 0 bridgehead atoms. The number of phenols is 1. The van der Waals surface area contributed by atoms with E-state index in [0.29, 0.717) is 37.1 Å². The van der Waals surface area contributed by atoms with Gasteiger partial charge in [0.2, 0.25) is 0 Å². The highest BCUT2D eigenvalue weighted by Crippen LogP contribution is 2.44. The molecular weight excluding hydrogens is 488 g/mol. The average Bonchev–Trinajstić information content (AvgIpc) is 2.84. The van der Waals surface area contributed by atoms with Gasteiger partial charge >= 0.3 is 0 Å². The standard InChI is InChI=1S/C29H38N2O6.H2O.2H2/c1-18(34)11-26(35)23(17-33)21(9-10-32)12-20-13-22-25(31(2)3)15-24(29(37)28(22)27(36)14-20)30-16-19-7-5-4-6-8-19;;;/h4-8,15,20-21,23,30,32-33,37H,9-14,16-17H2,1-3H3;1H2;2*1H. The van der Waals surface area contributed by atoms with E-state index in [-0.39, 0.29) is 62.7 Å². The van der Waals surface area contributed by atoms with Gasteiger partial charge in [-0.25, -0.2) is 0 Å². The molecule has 0 aliphatic heterocycles. The van der Waals surface area contributed by atoms with E-state index >= 15 is 0 Å². The largest absolute Gasteiger partial charge is 0.505 e. The van der Waals surface area contributed by atoms with Gasteiger partial charge in [-0.3, -0.25) is 14.4 Å². The van der Waals surface area contributed by atoms with Crippen LogP contribution in [0.3, 0.4) is 0 Å². The Morgan fingerprint density at radius 1 is 1.16 bits per heavy atom. The van der Waals surface area contributed by atoms with Crippen LogP contribution in [0.25, 0.3) is 0 Å². The fraction of sp³-hybridized carbons (Fsp3) is 0.483. The average molecular weight is 533 g/mol. The molecule has 2 aromatic rings. The predicted octanol–water partition coefficient (Wildman–Crippen LogP) is 3.03. The Morgan fingerprint density at radius 2 is 1.84 bits per heavy atom. The predicted molar refractivity (Wildman–Crippen MR) is 151 cm³/mol. The maximum Gasteiger partial charge on any atom is 0.167 e. The van der Waals surface area contributed by atoms with Crippen LogP contribution in [0, 0.1) is 17.8 Å². The minimum Gasteiger partial charge on any atom is -0.505 e. The number of hydrogen-bond acceptors (Lipinski definition) is 8. The molecule has 0 spiro atoms. The number of anilines is 2. The van der Waals surface area contributed by atoms with E-state index in [1.165, 1.54) is 6.92 Å². The number of aliphatic hydroxyl groups excluding tert-OH is 2. The lowest BCUT2D eigenvalue weighted by atomic mass is 9.73. The quantitative estimate of drug-likeness (QED) is 0.226. The molecule has 6 N–H and O–H groups in total. The lowest BCUT2D eigenvalue weighted by Crippen LogP contribution is -2.33. The van der Waals surface area contributed by atoms with Gasteiger partial charge in [-0.05, 0) is 55.2 Å². The third kappa shape index (κ3) is 7.40. The smallest absolute Gasteiger partial charge is 0.167 e. The SMILES string of the molecule is CC(=O)CC(=O)C(CO)C(CCO)CC1CC(=O)c2c(O)c(NCc3ccccc3)cc(N(C)C)c2C1.O.[HH].[HH]. The third-order valence-corrected chi connectivity index (χ3v) is 7.18. The van der Waals surface area contributed by atoms with Crippen LogP contribution < -0.4 is 10.2 Å². The van der Waals surface area contributed by atoms with Gasteiger partial charge in [-0.1, -0.05) is 30.3 Å². The van der Waals surface area contributed by atoms with Crippen LogP contribution in [-0.4, -0.2) is 65.5 Å². The molecule has 0 aromatic heterocycles. The van der Waals surface area contributed by atoms with Crippen molar-refractivity contribution < 1.29 is 38.0 Å². The Hall–Kier alpha value is -3.27. The summed E-state index contributed by atoms with van der Waals surface area (Å²) in [6.07, 6.45) is 1.19. The molecular formula is C29H44N2O7. The van der Waals surface area contributed by atoms with Crippen molar-refractivity contribution in [1.82, 2.24) is 0 Å². The van der Waals surface area contributed by atoms with E-state index in [9.17, 15) is 29.7 Å². The summed E-state index contributed by atoms with van der Waals surface area (Å²) in [5.41, 5.74) is 3.44. The number of fused-ring (bicyclic) bond motifs is 1. The molecule has 0 amide bonds. The zero-order chi connectivity index (χ0) is 27.1. The molecule has 212 valence electrons. The molecule has 38 heavy (non-hydrogen) atoms. The summed E-state index contributed by atoms with van der Waals surface area (Å²) in [6.45, 7) is 1.26. The number of ketones is 3. The number of carbonyl (C=O) groups is 3. The van der Waals surface area contributed by atoms with Gasteiger partial charge in [0.15, 0.2) is 5.78 Å². The van der Waals surface area contributed by atoms with Gasteiger partial charge in [0.05, 0.1) is 24.3 Å². The first-order valence-corrected chi connectivity index (χ1v) is 12.8. The van der Waals surface area contributed by atoms with Gasteiger partial charge in [0.1, 0.15) is 17.3 Å². The molecule has 0 saturated heterocycles. The highest BCUT2D eigenvalue weighted by molar-refractivity contribution is 6.04. The van der Waals surface area contributed by atoms with Crippen LogP contribution in [-0.2, 0) is 22.6 Å². The maximum absolute atomic E-state index is 13.4. The van der Waals surface area contributed by atoms with Gasteiger partial charge in [-0.2, -0.15) is 0 Å². The zero-order valence-corrected chi connectivity index (χ0v) is 22.4.